The predicted molar refractivity (Wildman–Crippen MR) is 57.2 cm³/mol. The molecule has 2 aromatic rings. The van der Waals surface area contributed by atoms with Crippen LogP contribution >= 0.6 is 22.9 Å². The van der Waals surface area contributed by atoms with Gasteiger partial charge in [-0.05, 0) is 18.2 Å². The fourth-order valence-electron chi connectivity index (χ4n) is 1.09. The molecular formula is C10H4ClFN2S. The molecule has 0 fully saturated rings. The minimum atomic E-state index is -0.461. The van der Waals surface area contributed by atoms with Crippen LogP contribution in [0.5, 0.6) is 0 Å². The SMILES string of the molecule is N#Cc1csc(-c2ccc(F)c(Cl)c2)n1. The number of nitrogens with zero attached hydrogens (tertiary/aromatic N) is 2. The first-order valence-electron chi connectivity index (χ1n) is 4.02. The van der Waals surface area contributed by atoms with Crippen molar-refractivity contribution in [2.75, 3.05) is 0 Å². The highest BCUT2D eigenvalue weighted by atomic mass is 35.5. The van der Waals surface area contributed by atoms with Crippen LogP contribution < -0.4 is 0 Å². The van der Waals surface area contributed by atoms with Crippen LogP contribution in [0.25, 0.3) is 10.6 Å². The van der Waals surface area contributed by atoms with Gasteiger partial charge in [0.2, 0.25) is 0 Å². The fraction of sp³-hybridized carbons (Fsp3) is 0. The summed E-state index contributed by atoms with van der Waals surface area (Å²) < 4.78 is 12.9. The van der Waals surface area contributed by atoms with E-state index in [-0.39, 0.29) is 5.02 Å². The van der Waals surface area contributed by atoms with Crippen LogP contribution in [0.15, 0.2) is 23.6 Å². The summed E-state index contributed by atoms with van der Waals surface area (Å²) in [6.07, 6.45) is 0. The van der Waals surface area contributed by atoms with Crippen molar-refractivity contribution >= 4 is 22.9 Å². The van der Waals surface area contributed by atoms with Gasteiger partial charge in [0.15, 0.2) is 5.69 Å². The number of thiazole rings is 1. The zero-order valence-corrected chi connectivity index (χ0v) is 8.94. The number of hydrogen-bond donors (Lipinski definition) is 0. The molecule has 0 aliphatic heterocycles. The summed E-state index contributed by atoms with van der Waals surface area (Å²) in [5.74, 6) is -0.461. The molecule has 0 N–H and O–H groups in total. The quantitative estimate of drug-likeness (QED) is 0.763. The molecule has 0 saturated heterocycles. The number of hydrogen-bond acceptors (Lipinski definition) is 3. The second-order valence-electron chi connectivity index (χ2n) is 2.78. The molecule has 0 unspecified atom stereocenters. The topological polar surface area (TPSA) is 36.7 Å². The molecule has 0 amide bonds. The first-order valence-corrected chi connectivity index (χ1v) is 5.27. The van der Waals surface area contributed by atoms with Gasteiger partial charge in [-0.1, -0.05) is 11.6 Å². The van der Waals surface area contributed by atoms with Crippen LogP contribution in [0.3, 0.4) is 0 Å². The standard InChI is InChI=1S/C10H4ClFN2S/c11-8-3-6(1-2-9(8)12)10-14-7(4-13)5-15-10/h1-3,5H. The van der Waals surface area contributed by atoms with Gasteiger partial charge in [0, 0.05) is 10.9 Å². The van der Waals surface area contributed by atoms with E-state index in [4.69, 9.17) is 16.9 Å². The molecule has 0 aliphatic carbocycles. The Bertz CT molecular complexity index is 545. The van der Waals surface area contributed by atoms with E-state index in [0.717, 1.165) is 0 Å². The Morgan fingerprint density at radius 3 is 2.87 bits per heavy atom. The monoisotopic (exact) mass is 238 g/mol. The molecule has 2 nitrogen and oxygen atoms in total. The molecule has 0 radical (unpaired) electrons. The maximum absolute atomic E-state index is 12.9. The summed E-state index contributed by atoms with van der Waals surface area (Å²) in [5.41, 5.74) is 1.07. The second-order valence-corrected chi connectivity index (χ2v) is 4.04. The highest BCUT2D eigenvalue weighted by Gasteiger charge is 2.06. The molecular weight excluding hydrogens is 235 g/mol. The summed E-state index contributed by atoms with van der Waals surface area (Å²) >= 11 is 6.97. The van der Waals surface area contributed by atoms with Gasteiger partial charge < -0.3 is 0 Å². The minimum Gasteiger partial charge on any atom is -0.225 e. The van der Waals surface area contributed by atoms with Gasteiger partial charge in [-0.25, -0.2) is 9.37 Å². The highest BCUT2D eigenvalue weighted by Crippen LogP contribution is 2.27. The molecule has 2 rings (SSSR count). The Kier molecular flexibility index (Phi) is 2.67. The first-order chi connectivity index (χ1) is 7.20. The van der Waals surface area contributed by atoms with E-state index in [1.165, 1.54) is 23.5 Å². The second kappa shape index (κ2) is 3.97. The lowest BCUT2D eigenvalue weighted by molar-refractivity contribution is 0.628. The molecule has 0 bridgehead atoms. The van der Waals surface area contributed by atoms with Crippen molar-refractivity contribution < 1.29 is 4.39 Å². The van der Waals surface area contributed by atoms with Gasteiger partial charge in [0.1, 0.15) is 16.9 Å². The van der Waals surface area contributed by atoms with Gasteiger partial charge in [0.25, 0.3) is 0 Å². The molecule has 0 aliphatic rings. The van der Waals surface area contributed by atoms with Crippen molar-refractivity contribution in [1.29, 1.82) is 5.26 Å². The summed E-state index contributed by atoms with van der Waals surface area (Å²) in [7, 11) is 0. The van der Waals surface area contributed by atoms with Gasteiger partial charge in [-0.15, -0.1) is 11.3 Å². The smallest absolute Gasteiger partial charge is 0.152 e. The Balaban J connectivity index is 2.46. The summed E-state index contributed by atoms with van der Waals surface area (Å²) in [4.78, 5) is 4.05. The van der Waals surface area contributed by atoms with Crippen LogP contribution in [0.4, 0.5) is 4.39 Å². The lowest BCUT2D eigenvalue weighted by Crippen LogP contribution is -1.81. The van der Waals surface area contributed by atoms with E-state index >= 15 is 0 Å². The number of nitriles is 1. The predicted octanol–water partition coefficient (Wildman–Crippen LogP) is 3.47. The van der Waals surface area contributed by atoms with E-state index in [0.29, 0.717) is 16.3 Å². The maximum atomic E-state index is 12.9. The van der Waals surface area contributed by atoms with E-state index in [1.807, 2.05) is 6.07 Å². The van der Waals surface area contributed by atoms with Crippen LogP contribution in [-0.2, 0) is 0 Å². The number of aromatic nitrogens is 1. The number of benzene rings is 1. The van der Waals surface area contributed by atoms with E-state index in [9.17, 15) is 4.39 Å². The van der Waals surface area contributed by atoms with Crippen molar-refractivity contribution in [2.24, 2.45) is 0 Å². The molecule has 1 aromatic carbocycles. The van der Waals surface area contributed by atoms with Gasteiger partial charge in [-0.2, -0.15) is 5.26 Å². The maximum Gasteiger partial charge on any atom is 0.152 e. The zero-order chi connectivity index (χ0) is 10.8. The molecule has 0 spiro atoms. The van der Waals surface area contributed by atoms with Crippen LogP contribution in [-0.4, -0.2) is 4.98 Å². The van der Waals surface area contributed by atoms with Crippen LogP contribution in [0.1, 0.15) is 5.69 Å². The molecule has 1 aromatic heterocycles. The molecule has 1 heterocycles. The van der Waals surface area contributed by atoms with Gasteiger partial charge in [0.05, 0.1) is 5.02 Å². The van der Waals surface area contributed by atoms with Crippen molar-refractivity contribution in [2.45, 2.75) is 0 Å². The lowest BCUT2D eigenvalue weighted by atomic mass is 10.2. The van der Waals surface area contributed by atoms with Crippen molar-refractivity contribution in [3.63, 3.8) is 0 Å². The van der Waals surface area contributed by atoms with Crippen molar-refractivity contribution in [1.82, 2.24) is 4.98 Å². The average molecular weight is 239 g/mol. The van der Waals surface area contributed by atoms with Crippen molar-refractivity contribution in [3.05, 3.63) is 40.1 Å². The van der Waals surface area contributed by atoms with E-state index in [1.54, 1.807) is 11.4 Å². The molecule has 15 heavy (non-hydrogen) atoms. The fourth-order valence-corrected chi connectivity index (χ4v) is 2.01. The average Bonchev–Trinajstić information content (AvgIpc) is 2.70. The Labute approximate surface area is 94.6 Å². The third-order valence-corrected chi connectivity index (χ3v) is 2.97. The Hall–Kier alpha value is -1.44. The minimum absolute atomic E-state index is 0.0567. The van der Waals surface area contributed by atoms with Crippen LogP contribution in [0, 0.1) is 17.1 Å². The molecule has 74 valence electrons. The molecule has 0 atom stereocenters. The zero-order valence-electron chi connectivity index (χ0n) is 7.37. The normalized spacial score (nSPS) is 9.93. The number of rotatable bonds is 1. The Morgan fingerprint density at radius 1 is 1.47 bits per heavy atom. The third-order valence-electron chi connectivity index (χ3n) is 1.79. The van der Waals surface area contributed by atoms with Gasteiger partial charge >= 0.3 is 0 Å². The van der Waals surface area contributed by atoms with E-state index < -0.39 is 5.82 Å². The van der Waals surface area contributed by atoms with Crippen LogP contribution in [0.2, 0.25) is 5.02 Å². The number of halogens is 2. The highest BCUT2D eigenvalue weighted by molar-refractivity contribution is 7.13. The van der Waals surface area contributed by atoms with E-state index in [2.05, 4.69) is 4.98 Å². The summed E-state index contributed by atoms with van der Waals surface area (Å²) in [6.45, 7) is 0. The summed E-state index contributed by atoms with van der Waals surface area (Å²) in [6, 6.07) is 6.30. The molecule has 0 saturated carbocycles. The third kappa shape index (κ3) is 1.99. The largest absolute Gasteiger partial charge is 0.225 e. The van der Waals surface area contributed by atoms with Gasteiger partial charge in [-0.3, -0.25) is 0 Å². The Morgan fingerprint density at radius 2 is 2.27 bits per heavy atom. The molecule has 5 heteroatoms. The first kappa shape index (κ1) is 10.1. The van der Waals surface area contributed by atoms with Crippen molar-refractivity contribution in [3.8, 4) is 16.6 Å². The lowest BCUT2D eigenvalue weighted by Gasteiger charge is -1.97. The summed E-state index contributed by atoms with van der Waals surface area (Å²) in [5, 5.41) is 11.0.